The summed E-state index contributed by atoms with van der Waals surface area (Å²) in [6.45, 7) is 5.55. The van der Waals surface area contributed by atoms with E-state index < -0.39 is 11.8 Å². The Hall–Kier alpha value is -2.97. The number of aromatic nitrogens is 2. The van der Waals surface area contributed by atoms with Gasteiger partial charge in [0.05, 0.1) is 11.3 Å². The quantitative estimate of drug-likeness (QED) is 0.351. The van der Waals surface area contributed by atoms with Gasteiger partial charge in [0.2, 0.25) is 5.88 Å². The van der Waals surface area contributed by atoms with Crippen molar-refractivity contribution < 1.29 is 14.3 Å². The number of carbonyl (C=O) groups excluding carboxylic acids is 2. The molecule has 2 aromatic rings. The van der Waals surface area contributed by atoms with Gasteiger partial charge < -0.3 is 4.74 Å². The lowest BCUT2D eigenvalue weighted by Crippen LogP contribution is -2.53. The number of hydrogen-bond acceptors (Lipinski definition) is 5. The van der Waals surface area contributed by atoms with Crippen LogP contribution in [0.5, 0.6) is 11.6 Å². The first-order valence-electron chi connectivity index (χ1n) is 8.28. The van der Waals surface area contributed by atoms with Gasteiger partial charge >= 0.3 is 0 Å². The summed E-state index contributed by atoms with van der Waals surface area (Å²) in [5.74, 6) is -0.210. The van der Waals surface area contributed by atoms with Crippen molar-refractivity contribution in [3.05, 3.63) is 58.8 Å². The molecule has 1 aliphatic heterocycles. The summed E-state index contributed by atoms with van der Waals surface area (Å²) in [7, 11) is 1.71. The molecule has 1 aliphatic rings. The van der Waals surface area contributed by atoms with E-state index in [1.165, 1.54) is 21.7 Å². The Labute approximate surface area is 172 Å². The van der Waals surface area contributed by atoms with Gasteiger partial charge in [0.1, 0.15) is 11.3 Å². The van der Waals surface area contributed by atoms with Gasteiger partial charge in [-0.25, -0.2) is 4.68 Å². The summed E-state index contributed by atoms with van der Waals surface area (Å²) in [6.07, 6.45) is 2.99. The minimum absolute atomic E-state index is 0.0466. The van der Waals surface area contributed by atoms with Crippen molar-refractivity contribution in [2.45, 2.75) is 6.92 Å². The highest BCUT2D eigenvalue weighted by atomic mass is 35.5. The van der Waals surface area contributed by atoms with Gasteiger partial charge in [0, 0.05) is 18.6 Å². The molecule has 1 fully saturated rings. The zero-order valence-electron chi connectivity index (χ0n) is 15.2. The van der Waals surface area contributed by atoms with Crippen LogP contribution >= 0.6 is 23.8 Å². The van der Waals surface area contributed by atoms with E-state index in [0.29, 0.717) is 27.9 Å². The standard InChI is InChI=1S/C19H17ClN4O3S/c1-4-8-24-17(26)15(16(25)21-19(24)28)10-14-11(2)22-23(3)18(14)27-13-7-5-6-12(20)9-13/h4-7,9-10H,1,8H2,2-3H3,(H,21,25,28)/b15-10+. The molecule has 0 aliphatic carbocycles. The highest BCUT2D eigenvalue weighted by Gasteiger charge is 2.33. The molecule has 0 radical (unpaired) electrons. The molecule has 1 aromatic heterocycles. The SMILES string of the molecule is C=CCN1C(=O)/C(=C/c2c(C)nn(C)c2Oc2cccc(Cl)c2)C(=O)NC1=S. The fraction of sp³-hybridized carbons (Fsp3) is 0.158. The maximum absolute atomic E-state index is 12.7. The molecular formula is C19H17ClN4O3S. The number of amides is 2. The Morgan fingerprint density at radius 1 is 1.39 bits per heavy atom. The molecule has 0 atom stereocenters. The normalized spacial score (nSPS) is 15.8. The lowest BCUT2D eigenvalue weighted by Gasteiger charge is -2.27. The number of hydrogen-bond donors (Lipinski definition) is 1. The molecule has 7 nitrogen and oxygen atoms in total. The maximum atomic E-state index is 12.7. The number of ether oxygens (including phenoxy) is 1. The first kappa shape index (κ1) is 19.8. The van der Waals surface area contributed by atoms with Crippen molar-refractivity contribution in [3.8, 4) is 11.6 Å². The Bertz CT molecular complexity index is 1030. The van der Waals surface area contributed by atoms with Gasteiger partial charge in [-0.15, -0.1) is 6.58 Å². The molecule has 0 spiro atoms. The van der Waals surface area contributed by atoms with Crippen LogP contribution in [0.15, 0.2) is 42.5 Å². The van der Waals surface area contributed by atoms with Crippen LogP contribution < -0.4 is 10.1 Å². The predicted octanol–water partition coefficient (Wildman–Crippen LogP) is 2.99. The largest absolute Gasteiger partial charge is 0.439 e. The highest BCUT2D eigenvalue weighted by Crippen LogP contribution is 2.31. The van der Waals surface area contributed by atoms with E-state index in [2.05, 4.69) is 17.0 Å². The highest BCUT2D eigenvalue weighted by molar-refractivity contribution is 7.80. The van der Waals surface area contributed by atoms with Crippen molar-refractivity contribution in [1.29, 1.82) is 0 Å². The van der Waals surface area contributed by atoms with Crippen LogP contribution in [-0.4, -0.2) is 38.2 Å². The van der Waals surface area contributed by atoms with E-state index in [0.717, 1.165) is 0 Å². The van der Waals surface area contributed by atoms with Crippen LogP contribution in [0.4, 0.5) is 0 Å². The Morgan fingerprint density at radius 3 is 2.82 bits per heavy atom. The minimum Gasteiger partial charge on any atom is -0.439 e. The molecule has 0 unspecified atom stereocenters. The van der Waals surface area contributed by atoms with Crippen molar-refractivity contribution in [1.82, 2.24) is 20.0 Å². The summed E-state index contributed by atoms with van der Waals surface area (Å²) in [4.78, 5) is 26.4. The average molecular weight is 417 g/mol. The zero-order chi connectivity index (χ0) is 20.4. The first-order valence-corrected chi connectivity index (χ1v) is 9.07. The molecule has 1 aromatic carbocycles. The second kappa shape index (κ2) is 7.95. The van der Waals surface area contributed by atoms with Crippen molar-refractivity contribution >= 4 is 46.8 Å². The van der Waals surface area contributed by atoms with Gasteiger partial charge in [-0.05, 0) is 43.4 Å². The van der Waals surface area contributed by atoms with Crippen LogP contribution in [-0.2, 0) is 16.6 Å². The topological polar surface area (TPSA) is 76.5 Å². The molecule has 9 heteroatoms. The molecule has 1 saturated heterocycles. The molecule has 3 rings (SSSR count). The van der Waals surface area contributed by atoms with E-state index in [1.54, 1.807) is 38.2 Å². The molecule has 2 amide bonds. The lowest BCUT2D eigenvalue weighted by atomic mass is 10.1. The van der Waals surface area contributed by atoms with Gasteiger partial charge in [-0.1, -0.05) is 23.7 Å². The van der Waals surface area contributed by atoms with Gasteiger partial charge in [-0.3, -0.25) is 19.8 Å². The van der Waals surface area contributed by atoms with Crippen LogP contribution in [0, 0.1) is 6.92 Å². The monoisotopic (exact) mass is 416 g/mol. The van der Waals surface area contributed by atoms with E-state index in [-0.39, 0.29) is 17.2 Å². The van der Waals surface area contributed by atoms with Crippen LogP contribution in [0.2, 0.25) is 5.02 Å². The first-order chi connectivity index (χ1) is 13.3. The predicted molar refractivity (Wildman–Crippen MR) is 110 cm³/mol. The fourth-order valence-corrected chi connectivity index (χ4v) is 3.15. The average Bonchev–Trinajstić information content (AvgIpc) is 2.88. The van der Waals surface area contributed by atoms with Gasteiger partial charge in [0.25, 0.3) is 11.8 Å². The van der Waals surface area contributed by atoms with E-state index in [9.17, 15) is 9.59 Å². The Kier molecular flexibility index (Phi) is 5.62. The minimum atomic E-state index is -0.577. The Balaban J connectivity index is 2.03. The number of benzene rings is 1. The van der Waals surface area contributed by atoms with Crippen LogP contribution in [0.3, 0.4) is 0 Å². The summed E-state index contributed by atoms with van der Waals surface area (Å²) >= 11 is 11.1. The van der Waals surface area contributed by atoms with Crippen LogP contribution in [0.1, 0.15) is 11.3 Å². The molecule has 0 saturated carbocycles. The summed E-state index contributed by atoms with van der Waals surface area (Å²) in [5.41, 5.74) is 1.03. The molecule has 144 valence electrons. The molecule has 1 N–H and O–H groups in total. The maximum Gasteiger partial charge on any atom is 0.265 e. The molecule has 0 bridgehead atoms. The smallest absolute Gasteiger partial charge is 0.265 e. The Morgan fingerprint density at radius 2 is 2.14 bits per heavy atom. The summed E-state index contributed by atoms with van der Waals surface area (Å²) in [6, 6.07) is 6.89. The van der Waals surface area contributed by atoms with E-state index in [4.69, 9.17) is 28.6 Å². The van der Waals surface area contributed by atoms with Crippen molar-refractivity contribution in [2.24, 2.45) is 7.05 Å². The van der Waals surface area contributed by atoms with Crippen LogP contribution in [0.25, 0.3) is 6.08 Å². The van der Waals surface area contributed by atoms with Gasteiger partial charge in [-0.2, -0.15) is 5.10 Å². The van der Waals surface area contributed by atoms with Crippen molar-refractivity contribution in [3.63, 3.8) is 0 Å². The second-order valence-electron chi connectivity index (χ2n) is 6.01. The molecule has 2 heterocycles. The van der Waals surface area contributed by atoms with E-state index in [1.807, 2.05) is 0 Å². The number of halogens is 1. The number of nitrogens with zero attached hydrogens (tertiary/aromatic N) is 3. The molecular weight excluding hydrogens is 400 g/mol. The number of nitrogens with one attached hydrogen (secondary N) is 1. The third-order valence-corrected chi connectivity index (χ3v) is 4.57. The number of rotatable bonds is 5. The third-order valence-electron chi connectivity index (χ3n) is 4.01. The molecule has 28 heavy (non-hydrogen) atoms. The van der Waals surface area contributed by atoms with Crippen molar-refractivity contribution in [2.75, 3.05) is 6.54 Å². The number of thiocarbonyl (C=S) groups is 1. The second-order valence-corrected chi connectivity index (χ2v) is 6.83. The van der Waals surface area contributed by atoms with E-state index >= 15 is 0 Å². The summed E-state index contributed by atoms with van der Waals surface area (Å²) < 4.78 is 7.45. The lowest BCUT2D eigenvalue weighted by molar-refractivity contribution is -0.128. The zero-order valence-corrected chi connectivity index (χ0v) is 16.8. The van der Waals surface area contributed by atoms with Gasteiger partial charge in [0.15, 0.2) is 5.11 Å². The number of aryl methyl sites for hydroxylation is 2. The number of carbonyl (C=O) groups is 2. The third kappa shape index (κ3) is 3.83. The fourth-order valence-electron chi connectivity index (χ4n) is 2.72. The summed E-state index contributed by atoms with van der Waals surface area (Å²) in [5, 5.41) is 7.41.